The normalized spacial score (nSPS) is 12.0. The zero-order valence-electron chi connectivity index (χ0n) is 34.7. The van der Waals surface area contributed by atoms with Gasteiger partial charge in [0.25, 0.3) is 0 Å². The molecule has 0 bridgehead atoms. The highest BCUT2D eigenvalue weighted by Crippen LogP contribution is 2.45. The number of rotatable bonds is 5. The van der Waals surface area contributed by atoms with E-state index in [1.807, 2.05) is 12.1 Å². The molecule has 0 aliphatic rings. The van der Waals surface area contributed by atoms with Gasteiger partial charge in [0, 0.05) is 47.5 Å². The van der Waals surface area contributed by atoms with Crippen molar-refractivity contribution in [3.63, 3.8) is 0 Å². The van der Waals surface area contributed by atoms with Gasteiger partial charge in [-0.05, 0) is 87.3 Å². The Labute approximate surface area is 376 Å². The first-order valence-electron chi connectivity index (χ1n) is 21.8. The summed E-state index contributed by atoms with van der Waals surface area (Å²) in [6.45, 7) is 0. The van der Waals surface area contributed by atoms with Gasteiger partial charge in [0.15, 0.2) is 17.5 Å². The molecule has 0 aliphatic carbocycles. The van der Waals surface area contributed by atoms with Crippen molar-refractivity contribution in [2.75, 3.05) is 0 Å². The standard InChI is InChI=1S/C59H34N4OS/c1-2-14-35(15-3-1)37-19-12-20-40(32-37)57-60-58(44-24-13-27-52-54(44)43-23-9-11-26-51(43)65-52)62-59(61-57)45-29-31-48(55-42-22-8-10-25-50(42)64-56(45)55)63-47-30-28-36-16-6-7-21-41(36)53(47)46-33-38-17-4-5-18-39(38)34-49(46)63/h1-34H. The largest absolute Gasteiger partial charge is 0.455 e. The lowest BCUT2D eigenvalue weighted by Crippen LogP contribution is -2.01. The average molecular weight is 847 g/mol. The maximum Gasteiger partial charge on any atom is 0.167 e. The number of benzene rings is 10. The minimum atomic E-state index is 0.543. The van der Waals surface area contributed by atoms with E-state index in [4.69, 9.17) is 19.4 Å². The van der Waals surface area contributed by atoms with E-state index < -0.39 is 0 Å². The smallest absolute Gasteiger partial charge is 0.167 e. The van der Waals surface area contributed by atoms with E-state index in [1.54, 1.807) is 11.3 Å². The van der Waals surface area contributed by atoms with Crippen molar-refractivity contribution in [3.05, 3.63) is 206 Å². The highest BCUT2D eigenvalue weighted by atomic mass is 32.1. The van der Waals surface area contributed by atoms with Crippen LogP contribution in [0, 0.1) is 0 Å². The number of hydrogen-bond acceptors (Lipinski definition) is 5. The number of thiophene rings is 1. The summed E-state index contributed by atoms with van der Waals surface area (Å²) in [6, 6.07) is 73.2. The van der Waals surface area contributed by atoms with Crippen LogP contribution in [0.1, 0.15) is 0 Å². The average Bonchev–Trinajstić information content (AvgIpc) is 4.06. The minimum absolute atomic E-state index is 0.543. The molecule has 6 heteroatoms. The molecule has 0 atom stereocenters. The zero-order chi connectivity index (χ0) is 42.6. The van der Waals surface area contributed by atoms with Gasteiger partial charge < -0.3 is 8.98 Å². The van der Waals surface area contributed by atoms with E-state index in [-0.39, 0.29) is 0 Å². The van der Waals surface area contributed by atoms with Gasteiger partial charge >= 0.3 is 0 Å². The van der Waals surface area contributed by atoms with Gasteiger partial charge in [-0.25, -0.2) is 15.0 Å². The monoisotopic (exact) mass is 846 g/mol. The Kier molecular flexibility index (Phi) is 7.79. The Morgan fingerprint density at radius 1 is 0.369 bits per heavy atom. The van der Waals surface area contributed by atoms with Crippen molar-refractivity contribution < 1.29 is 4.42 Å². The molecule has 0 spiro atoms. The minimum Gasteiger partial charge on any atom is -0.455 e. The molecule has 10 aromatic carbocycles. The molecule has 0 saturated carbocycles. The molecule has 302 valence electrons. The number of para-hydroxylation sites is 1. The SMILES string of the molecule is c1ccc(-c2cccc(-c3nc(-c4ccc(-n5c6cc7ccccc7cc6c6c7ccccc7ccc65)c5c4oc4ccccc45)nc(-c4cccc5sc6ccccc6c45)n3)c2)cc1. The van der Waals surface area contributed by atoms with Crippen LogP contribution in [0.15, 0.2) is 211 Å². The second kappa shape index (κ2) is 14.0. The van der Waals surface area contributed by atoms with Gasteiger partial charge in [-0.15, -0.1) is 11.3 Å². The highest BCUT2D eigenvalue weighted by molar-refractivity contribution is 7.25. The van der Waals surface area contributed by atoms with Crippen LogP contribution in [0.4, 0.5) is 0 Å². The third-order valence-electron chi connectivity index (χ3n) is 13.0. The lowest BCUT2D eigenvalue weighted by atomic mass is 10.0. The van der Waals surface area contributed by atoms with E-state index in [2.05, 4.69) is 199 Å². The van der Waals surface area contributed by atoms with Crippen molar-refractivity contribution in [1.29, 1.82) is 0 Å². The van der Waals surface area contributed by atoms with Gasteiger partial charge in [-0.1, -0.05) is 152 Å². The van der Waals surface area contributed by atoms with Crippen LogP contribution in [0.2, 0.25) is 0 Å². The molecule has 14 rings (SSSR count). The van der Waals surface area contributed by atoms with Crippen molar-refractivity contribution in [1.82, 2.24) is 19.5 Å². The topological polar surface area (TPSA) is 56.7 Å². The lowest BCUT2D eigenvalue weighted by Gasteiger charge is -2.13. The summed E-state index contributed by atoms with van der Waals surface area (Å²) in [5, 5.41) is 11.6. The Balaban J connectivity index is 1.07. The molecule has 0 radical (unpaired) electrons. The van der Waals surface area contributed by atoms with E-state index >= 15 is 0 Å². The third-order valence-corrected chi connectivity index (χ3v) is 14.2. The van der Waals surface area contributed by atoms with Gasteiger partial charge in [0.2, 0.25) is 0 Å². The number of fused-ring (bicyclic) bond motifs is 12. The second-order valence-corrected chi connectivity index (χ2v) is 17.8. The molecule has 65 heavy (non-hydrogen) atoms. The van der Waals surface area contributed by atoms with Crippen molar-refractivity contribution in [2.24, 2.45) is 0 Å². The van der Waals surface area contributed by atoms with Crippen LogP contribution in [0.5, 0.6) is 0 Å². The second-order valence-electron chi connectivity index (χ2n) is 16.7. The number of aromatic nitrogens is 4. The van der Waals surface area contributed by atoms with Crippen LogP contribution < -0.4 is 0 Å². The summed E-state index contributed by atoms with van der Waals surface area (Å²) in [7, 11) is 0. The predicted octanol–water partition coefficient (Wildman–Crippen LogP) is 16.2. The Morgan fingerprint density at radius 3 is 1.91 bits per heavy atom. The predicted molar refractivity (Wildman–Crippen MR) is 271 cm³/mol. The first-order chi connectivity index (χ1) is 32.2. The van der Waals surface area contributed by atoms with Crippen molar-refractivity contribution in [3.8, 4) is 51.0 Å². The first-order valence-corrected chi connectivity index (χ1v) is 22.7. The van der Waals surface area contributed by atoms with Crippen LogP contribution in [-0.2, 0) is 0 Å². The highest BCUT2D eigenvalue weighted by Gasteiger charge is 2.25. The number of hydrogen-bond donors (Lipinski definition) is 0. The molecule has 0 N–H and O–H groups in total. The first kappa shape index (κ1) is 36.1. The fourth-order valence-electron chi connectivity index (χ4n) is 10.1. The summed E-state index contributed by atoms with van der Waals surface area (Å²) in [4.78, 5) is 16.1. The maximum atomic E-state index is 7.01. The number of nitrogens with zero attached hydrogens (tertiary/aromatic N) is 4. The fourth-order valence-corrected chi connectivity index (χ4v) is 11.2. The zero-order valence-corrected chi connectivity index (χ0v) is 35.6. The van der Waals surface area contributed by atoms with Crippen LogP contribution in [-0.4, -0.2) is 19.5 Å². The Bertz CT molecular complexity index is 4260. The molecule has 5 nitrogen and oxygen atoms in total. The quantitative estimate of drug-likeness (QED) is 0.173. The van der Waals surface area contributed by atoms with Gasteiger partial charge in [-0.2, -0.15) is 0 Å². The molecule has 4 aromatic heterocycles. The molecule has 4 heterocycles. The molecule has 0 unspecified atom stereocenters. The van der Waals surface area contributed by atoms with E-state index in [9.17, 15) is 0 Å². The lowest BCUT2D eigenvalue weighted by molar-refractivity contribution is 0.669. The van der Waals surface area contributed by atoms with Gasteiger partial charge in [0.1, 0.15) is 11.2 Å². The third kappa shape index (κ3) is 5.54. The maximum absolute atomic E-state index is 7.01. The summed E-state index contributed by atoms with van der Waals surface area (Å²) in [5.41, 5.74) is 9.69. The molecular weight excluding hydrogens is 813 g/mol. The van der Waals surface area contributed by atoms with E-state index in [0.717, 1.165) is 71.9 Å². The summed E-state index contributed by atoms with van der Waals surface area (Å²) in [5.74, 6) is 1.74. The van der Waals surface area contributed by atoms with Crippen LogP contribution in [0.3, 0.4) is 0 Å². The molecule has 0 amide bonds. The summed E-state index contributed by atoms with van der Waals surface area (Å²) in [6.07, 6.45) is 0. The molecule has 14 aromatic rings. The van der Waals surface area contributed by atoms with Crippen LogP contribution in [0.25, 0.3) is 136 Å². The molecule has 0 fully saturated rings. The summed E-state index contributed by atoms with van der Waals surface area (Å²) >= 11 is 1.79. The molecule has 0 saturated heterocycles. The van der Waals surface area contributed by atoms with Crippen molar-refractivity contribution >= 4 is 96.8 Å². The Hall–Kier alpha value is -8.45. The van der Waals surface area contributed by atoms with Gasteiger partial charge in [-0.3, -0.25) is 0 Å². The molecule has 0 aliphatic heterocycles. The van der Waals surface area contributed by atoms with Gasteiger partial charge in [0.05, 0.1) is 27.7 Å². The number of furan rings is 1. The van der Waals surface area contributed by atoms with E-state index in [0.29, 0.717) is 17.5 Å². The van der Waals surface area contributed by atoms with Crippen LogP contribution >= 0.6 is 11.3 Å². The van der Waals surface area contributed by atoms with E-state index in [1.165, 1.54) is 47.1 Å². The molecular formula is C59H34N4OS. The Morgan fingerprint density at radius 2 is 1.03 bits per heavy atom. The fraction of sp³-hybridized carbons (Fsp3) is 0. The van der Waals surface area contributed by atoms with Crippen molar-refractivity contribution in [2.45, 2.75) is 0 Å². The summed E-state index contributed by atoms with van der Waals surface area (Å²) < 4.78 is 11.9.